The lowest BCUT2D eigenvalue weighted by atomic mass is 10.0. The van der Waals surface area contributed by atoms with E-state index in [0.717, 1.165) is 0 Å². The van der Waals surface area contributed by atoms with Gasteiger partial charge in [-0.05, 0) is 45.2 Å². The van der Waals surface area contributed by atoms with Gasteiger partial charge in [-0.25, -0.2) is 0 Å². The van der Waals surface area contributed by atoms with Crippen LogP contribution in [0.3, 0.4) is 0 Å². The molecule has 3 heteroatoms. The first-order chi connectivity index (χ1) is 8.27. The van der Waals surface area contributed by atoms with Gasteiger partial charge in [0.15, 0.2) is 0 Å². The zero-order valence-electron chi connectivity index (χ0n) is 11.2. The highest BCUT2D eigenvalue weighted by atomic mass is 32.1. The summed E-state index contributed by atoms with van der Waals surface area (Å²) in [7, 11) is 0. The maximum absolute atomic E-state index is 5.66. The monoisotopic (exact) mass is 254 g/mol. The second kappa shape index (κ2) is 6.69. The number of piperidine rings is 2. The summed E-state index contributed by atoms with van der Waals surface area (Å²) in [6.45, 7) is 8.45. The quantitative estimate of drug-likeness (QED) is 0.715. The van der Waals surface area contributed by atoms with Crippen LogP contribution in [0.25, 0.3) is 0 Å². The van der Waals surface area contributed by atoms with Crippen LogP contribution >= 0.6 is 12.2 Å². The van der Waals surface area contributed by atoms with Gasteiger partial charge in [0.1, 0.15) is 0 Å². The molecule has 1 unspecified atom stereocenters. The van der Waals surface area contributed by atoms with Gasteiger partial charge in [-0.2, -0.15) is 0 Å². The first-order valence-corrected chi connectivity index (χ1v) is 7.69. The normalized spacial score (nSPS) is 24.6. The summed E-state index contributed by atoms with van der Waals surface area (Å²) in [4.78, 5) is 6.27. The Hall–Kier alpha value is -0.150. The van der Waals surface area contributed by atoms with Gasteiger partial charge in [-0.15, -0.1) is 0 Å². The van der Waals surface area contributed by atoms with Crippen molar-refractivity contribution < 1.29 is 0 Å². The van der Waals surface area contributed by atoms with Gasteiger partial charge in [-0.1, -0.05) is 25.6 Å². The van der Waals surface area contributed by atoms with Gasteiger partial charge < -0.3 is 9.80 Å². The molecule has 0 bridgehead atoms. The molecule has 2 aliphatic heterocycles. The van der Waals surface area contributed by atoms with E-state index in [4.69, 9.17) is 12.2 Å². The van der Waals surface area contributed by atoms with E-state index in [9.17, 15) is 0 Å². The van der Waals surface area contributed by atoms with Gasteiger partial charge in [0.2, 0.25) is 0 Å². The molecule has 0 aliphatic carbocycles. The maximum atomic E-state index is 5.66. The molecular weight excluding hydrogens is 228 g/mol. The second-order valence-corrected chi connectivity index (χ2v) is 6.07. The Labute approximate surface area is 111 Å². The van der Waals surface area contributed by atoms with E-state index >= 15 is 0 Å². The fourth-order valence-electron chi connectivity index (χ4n) is 3.03. The number of nitrogens with zero attached hydrogens (tertiary/aromatic N) is 2. The van der Waals surface area contributed by atoms with Crippen LogP contribution in [0.1, 0.15) is 45.4 Å². The Kier molecular flexibility index (Phi) is 5.23. The third kappa shape index (κ3) is 3.92. The number of hydrogen-bond donors (Lipinski definition) is 0. The van der Waals surface area contributed by atoms with Crippen molar-refractivity contribution in [2.24, 2.45) is 5.92 Å². The molecule has 2 saturated heterocycles. The Morgan fingerprint density at radius 3 is 2.06 bits per heavy atom. The van der Waals surface area contributed by atoms with Crippen molar-refractivity contribution in [1.82, 2.24) is 9.80 Å². The molecule has 2 fully saturated rings. The van der Waals surface area contributed by atoms with E-state index in [-0.39, 0.29) is 0 Å². The summed E-state index contributed by atoms with van der Waals surface area (Å²) in [6.07, 6.45) is 8.22. The van der Waals surface area contributed by atoms with Gasteiger partial charge >= 0.3 is 0 Å². The van der Waals surface area contributed by atoms with Crippen LogP contribution in [-0.2, 0) is 0 Å². The van der Waals surface area contributed by atoms with Gasteiger partial charge in [0, 0.05) is 25.6 Å². The molecule has 0 spiro atoms. The molecule has 0 saturated carbocycles. The zero-order valence-corrected chi connectivity index (χ0v) is 12.0. The van der Waals surface area contributed by atoms with Crippen molar-refractivity contribution in [3.8, 4) is 0 Å². The minimum Gasteiger partial charge on any atom is -0.366 e. The summed E-state index contributed by atoms with van der Waals surface area (Å²) < 4.78 is 0. The van der Waals surface area contributed by atoms with Crippen LogP contribution in [-0.4, -0.2) is 47.5 Å². The van der Waals surface area contributed by atoms with E-state index in [1.807, 2.05) is 0 Å². The van der Waals surface area contributed by atoms with Gasteiger partial charge in [0.05, 0.1) is 4.99 Å². The molecule has 2 aliphatic rings. The summed E-state index contributed by atoms with van der Waals surface area (Å²) in [5.41, 5.74) is 0. The third-order valence-electron chi connectivity index (χ3n) is 4.07. The predicted molar refractivity (Wildman–Crippen MR) is 77.5 cm³/mol. The smallest absolute Gasteiger partial charge is 0.0820 e. The lowest BCUT2D eigenvalue weighted by molar-refractivity contribution is 0.211. The lowest BCUT2D eigenvalue weighted by Crippen LogP contribution is -2.42. The van der Waals surface area contributed by atoms with E-state index in [1.54, 1.807) is 0 Å². The van der Waals surface area contributed by atoms with Crippen LogP contribution in [0.4, 0.5) is 0 Å². The molecule has 2 nitrogen and oxygen atoms in total. The van der Waals surface area contributed by atoms with Crippen molar-refractivity contribution in [1.29, 1.82) is 0 Å². The van der Waals surface area contributed by atoms with E-state index in [0.29, 0.717) is 5.92 Å². The maximum Gasteiger partial charge on any atom is 0.0820 e. The van der Waals surface area contributed by atoms with Crippen molar-refractivity contribution >= 4 is 17.2 Å². The minimum absolute atomic E-state index is 0.557. The lowest BCUT2D eigenvalue weighted by Gasteiger charge is -2.35. The molecule has 1 atom stereocenters. The molecule has 2 rings (SSSR count). The molecule has 0 aromatic heterocycles. The highest BCUT2D eigenvalue weighted by Gasteiger charge is 2.21. The van der Waals surface area contributed by atoms with Crippen LogP contribution in [0.5, 0.6) is 0 Å². The Morgan fingerprint density at radius 1 is 0.941 bits per heavy atom. The number of rotatable bonds is 3. The van der Waals surface area contributed by atoms with E-state index in [1.165, 1.54) is 76.2 Å². The zero-order chi connectivity index (χ0) is 12.1. The molecule has 0 aromatic carbocycles. The second-order valence-electron chi connectivity index (χ2n) is 5.65. The highest BCUT2D eigenvalue weighted by Crippen LogP contribution is 2.16. The molecule has 0 radical (unpaired) electrons. The van der Waals surface area contributed by atoms with Crippen LogP contribution in [0, 0.1) is 5.92 Å². The molecule has 2 heterocycles. The summed E-state index contributed by atoms with van der Waals surface area (Å²) >= 11 is 5.66. The topological polar surface area (TPSA) is 6.48 Å². The van der Waals surface area contributed by atoms with Gasteiger partial charge in [-0.3, -0.25) is 0 Å². The number of likely N-dealkylation sites (tertiary alicyclic amines) is 2. The summed E-state index contributed by atoms with van der Waals surface area (Å²) in [5.74, 6) is 0.557. The fourth-order valence-corrected chi connectivity index (χ4v) is 3.29. The third-order valence-corrected chi connectivity index (χ3v) is 4.73. The van der Waals surface area contributed by atoms with E-state index < -0.39 is 0 Å². The Balaban J connectivity index is 1.77. The average Bonchev–Trinajstić information content (AvgIpc) is 2.40. The van der Waals surface area contributed by atoms with Crippen LogP contribution in [0.2, 0.25) is 0 Å². The van der Waals surface area contributed by atoms with Crippen molar-refractivity contribution in [2.75, 3.05) is 32.7 Å². The van der Waals surface area contributed by atoms with Crippen molar-refractivity contribution in [2.45, 2.75) is 45.4 Å². The standard InChI is InChI=1S/C14H26N2S/c1-13(12-15-8-4-2-5-9-15)14(17)16-10-6-3-7-11-16/h13H,2-12H2,1H3. The first kappa shape index (κ1) is 13.3. The van der Waals surface area contributed by atoms with E-state index in [2.05, 4.69) is 16.7 Å². The summed E-state index contributed by atoms with van der Waals surface area (Å²) in [5, 5.41) is 0. The predicted octanol–water partition coefficient (Wildman–Crippen LogP) is 2.92. The first-order valence-electron chi connectivity index (χ1n) is 7.28. The van der Waals surface area contributed by atoms with Crippen molar-refractivity contribution in [3.63, 3.8) is 0 Å². The van der Waals surface area contributed by atoms with Crippen LogP contribution in [0.15, 0.2) is 0 Å². The fraction of sp³-hybridized carbons (Fsp3) is 0.929. The average molecular weight is 254 g/mol. The molecule has 0 N–H and O–H groups in total. The van der Waals surface area contributed by atoms with Crippen LogP contribution < -0.4 is 0 Å². The molecule has 98 valence electrons. The Bertz CT molecular complexity index is 243. The van der Waals surface area contributed by atoms with Crippen molar-refractivity contribution in [3.05, 3.63) is 0 Å². The highest BCUT2D eigenvalue weighted by molar-refractivity contribution is 7.80. The molecule has 17 heavy (non-hydrogen) atoms. The Morgan fingerprint density at radius 2 is 1.47 bits per heavy atom. The molecule has 0 aromatic rings. The number of thiocarbonyl (C=S) groups is 1. The SMILES string of the molecule is CC(CN1CCCCC1)C(=S)N1CCCCC1. The molecular formula is C14H26N2S. The summed E-state index contributed by atoms with van der Waals surface area (Å²) in [6, 6.07) is 0. The number of hydrogen-bond acceptors (Lipinski definition) is 2. The molecule has 0 amide bonds. The van der Waals surface area contributed by atoms with Gasteiger partial charge in [0.25, 0.3) is 0 Å². The minimum atomic E-state index is 0.557. The largest absolute Gasteiger partial charge is 0.366 e.